The maximum absolute atomic E-state index is 11.9. The highest BCUT2D eigenvalue weighted by atomic mass is 32.2. The van der Waals surface area contributed by atoms with Gasteiger partial charge in [-0.1, -0.05) is 0 Å². The number of nitrogens with zero attached hydrogens (tertiary/aromatic N) is 3. The first-order valence-electron chi connectivity index (χ1n) is 6.02. The fraction of sp³-hybridized carbons (Fsp3) is 1.00. The van der Waals surface area contributed by atoms with Gasteiger partial charge in [-0.3, -0.25) is 4.90 Å². The monoisotopic (exact) mass is 262 g/mol. The molecule has 2 aliphatic rings. The van der Waals surface area contributed by atoms with E-state index < -0.39 is 10.2 Å². The van der Waals surface area contributed by atoms with Gasteiger partial charge in [0.15, 0.2) is 0 Å². The minimum Gasteiger partial charge on any atom is -0.324 e. The van der Waals surface area contributed by atoms with Gasteiger partial charge in [0, 0.05) is 52.4 Å². The standard InChI is InChI=1S/C10H22N4O2S/c1-12(2)17(15,16)14-7-5-13(6-8-14)9-10(11)3-4-10/h3-9,11H2,1-2H3. The highest BCUT2D eigenvalue weighted by Crippen LogP contribution is 2.33. The van der Waals surface area contributed by atoms with Crippen LogP contribution in [0.4, 0.5) is 0 Å². The van der Waals surface area contributed by atoms with Gasteiger partial charge in [0.2, 0.25) is 0 Å². The molecular formula is C10H22N4O2S. The molecule has 1 saturated carbocycles. The van der Waals surface area contributed by atoms with E-state index in [4.69, 9.17) is 5.73 Å². The van der Waals surface area contributed by atoms with Crippen LogP contribution in [0.15, 0.2) is 0 Å². The molecule has 0 unspecified atom stereocenters. The van der Waals surface area contributed by atoms with Gasteiger partial charge in [-0.25, -0.2) is 0 Å². The molecule has 0 spiro atoms. The molecule has 0 aromatic rings. The van der Waals surface area contributed by atoms with E-state index in [1.807, 2.05) is 0 Å². The van der Waals surface area contributed by atoms with Gasteiger partial charge in [0.1, 0.15) is 0 Å². The molecule has 0 aromatic carbocycles. The first kappa shape index (κ1) is 13.2. The van der Waals surface area contributed by atoms with E-state index in [-0.39, 0.29) is 5.54 Å². The Hall–Kier alpha value is -0.210. The van der Waals surface area contributed by atoms with Crippen molar-refractivity contribution in [1.29, 1.82) is 0 Å². The first-order valence-corrected chi connectivity index (χ1v) is 7.42. The van der Waals surface area contributed by atoms with Crippen LogP contribution in [0.5, 0.6) is 0 Å². The zero-order valence-electron chi connectivity index (χ0n) is 10.6. The Morgan fingerprint density at radius 2 is 1.71 bits per heavy atom. The van der Waals surface area contributed by atoms with E-state index in [9.17, 15) is 8.42 Å². The molecule has 1 aliphatic carbocycles. The second-order valence-corrected chi connectivity index (χ2v) is 7.47. The van der Waals surface area contributed by atoms with Gasteiger partial charge in [0.05, 0.1) is 0 Å². The number of piperazine rings is 1. The summed E-state index contributed by atoms with van der Waals surface area (Å²) >= 11 is 0. The Labute approximate surface area is 104 Å². The number of nitrogens with two attached hydrogens (primary N) is 1. The third-order valence-corrected chi connectivity index (χ3v) is 5.49. The highest BCUT2D eigenvalue weighted by Gasteiger charge is 2.40. The lowest BCUT2D eigenvalue weighted by Crippen LogP contribution is -2.54. The van der Waals surface area contributed by atoms with Crippen LogP contribution in [0.3, 0.4) is 0 Å². The van der Waals surface area contributed by atoms with Crippen molar-refractivity contribution in [1.82, 2.24) is 13.5 Å². The van der Waals surface area contributed by atoms with Crippen LogP contribution in [0.2, 0.25) is 0 Å². The van der Waals surface area contributed by atoms with Gasteiger partial charge in [0.25, 0.3) is 10.2 Å². The van der Waals surface area contributed by atoms with Crippen LogP contribution in [0, 0.1) is 0 Å². The SMILES string of the molecule is CN(C)S(=O)(=O)N1CCN(CC2(N)CC2)CC1. The Morgan fingerprint density at radius 1 is 1.18 bits per heavy atom. The van der Waals surface area contributed by atoms with Gasteiger partial charge in [-0.2, -0.15) is 17.0 Å². The number of hydrogen-bond donors (Lipinski definition) is 1. The van der Waals surface area contributed by atoms with E-state index in [0.29, 0.717) is 13.1 Å². The average Bonchev–Trinajstić information content (AvgIpc) is 2.96. The van der Waals surface area contributed by atoms with Crippen LogP contribution in [-0.2, 0) is 10.2 Å². The first-order chi connectivity index (χ1) is 7.83. The summed E-state index contributed by atoms with van der Waals surface area (Å²) in [4.78, 5) is 2.27. The molecule has 0 radical (unpaired) electrons. The topological polar surface area (TPSA) is 69.9 Å². The highest BCUT2D eigenvalue weighted by molar-refractivity contribution is 7.86. The van der Waals surface area contributed by atoms with Crippen molar-refractivity contribution in [3.8, 4) is 0 Å². The van der Waals surface area contributed by atoms with E-state index in [1.165, 1.54) is 4.31 Å². The molecule has 1 aliphatic heterocycles. The summed E-state index contributed by atoms with van der Waals surface area (Å²) in [5.74, 6) is 0. The second kappa shape index (κ2) is 4.47. The maximum atomic E-state index is 11.9. The van der Waals surface area contributed by atoms with Crippen molar-refractivity contribution >= 4 is 10.2 Å². The molecule has 1 heterocycles. The summed E-state index contributed by atoms with van der Waals surface area (Å²) in [5.41, 5.74) is 6.08. The lowest BCUT2D eigenvalue weighted by Gasteiger charge is -2.36. The van der Waals surface area contributed by atoms with Crippen molar-refractivity contribution in [2.45, 2.75) is 18.4 Å². The molecule has 0 amide bonds. The van der Waals surface area contributed by atoms with E-state index >= 15 is 0 Å². The molecule has 2 N–H and O–H groups in total. The van der Waals surface area contributed by atoms with Crippen LogP contribution < -0.4 is 5.73 Å². The summed E-state index contributed by atoms with van der Waals surface area (Å²) in [6, 6.07) is 0. The Balaban J connectivity index is 1.85. The van der Waals surface area contributed by atoms with Crippen molar-refractivity contribution in [2.75, 3.05) is 46.8 Å². The molecule has 1 saturated heterocycles. The van der Waals surface area contributed by atoms with Crippen LogP contribution in [0.25, 0.3) is 0 Å². The van der Waals surface area contributed by atoms with E-state index in [1.54, 1.807) is 18.4 Å². The predicted octanol–water partition coefficient (Wildman–Crippen LogP) is -1.10. The predicted molar refractivity (Wildman–Crippen MR) is 66.8 cm³/mol. The molecular weight excluding hydrogens is 240 g/mol. The quantitative estimate of drug-likeness (QED) is 0.698. The molecule has 2 rings (SSSR count). The molecule has 100 valence electrons. The third kappa shape index (κ3) is 2.97. The summed E-state index contributed by atoms with van der Waals surface area (Å²) in [7, 11) is -0.102. The zero-order valence-corrected chi connectivity index (χ0v) is 11.4. The molecule has 6 nitrogen and oxygen atoms in total. The van der Waals surface area contributed by atoms with Gasteiger partial charge in [-0.05, 0) is 12.8 Å². The normalized spacial score (nSPS) is 26.4. The van der Waals surface area contributed by atoms with Crippen LogP contribution >= 0.6 is 0 Å². The molecule has 0 atom stereocenters. The Kier molecular flexibility index (Phi) is 3.48. The number of rotatable bonds is 4. The van der Waals surface area contributed by atoms with E-state index in [2.05, 4.69) is 4.90 Å². The van der Waals surface area contributed by atoms with Crippen molar-refractivity contribution in [2.24, 2.45) is 5.73 Å². The van der Waals surface area contributed by atoms with Gasteiger partial charge >= 0.3 is 0 Å². The van der Waals surface area contributed by atoms with Crippen molar-refractivity contribution in [3.05, 3.63) is 0 Å². The summed E-state index contributed by atoms with van der Waals surface area (Å²) in [5, 5.41) is 0. The largest absolute Gasteiger partial charge is 0.324 e. The molecule has 2 fully saturated rings. The maximum Gasteiger partial charge on any atom is 0.281 e. The molecule has 0 aromatic heterocycles. The lowest BCUT2D eigenvalue weighted by atomic mass is 10.2. The molecule has 7 heteroatoms. The summed E-state index contributed by atoms with van der Waals surface area (Å²) in [6.07, 6.45) is 2.20. The Morgan fingerprint density at radius 3 is 2.12 bits per heavy atom. The third-order valence-electron chi connectivity index (χ3n) is 3.55. The smallest absolute Gasteiger partial charge is 0.281 e. The number of hydrogen-bond acceptors (Lipinski definition) is 4. The second-order valence-electron chi connectivity index (χ2n) is 5.33. The summed E-state index contributed by atoms with van der Waals surface area (Å²) in [6.45, 7) is 3.61. The minimum absolute atomic E-state index is 0.0165. The van der Waals surface area contributed by atoms with Crippen LogP contribution in [-0.4, -0.2) is 74.3 Å². The van der Waals surface area contributed by atoms with E-state index in [0.717, 1.165) is 32.5 Å². The fourth-order valence-electron chi connectivity index (χ4n) is 2.11. The van der Waals surface area contributed by atoms with Crippen molar-refractivity contribution < 1.29 is 8.42 Å². The zero-order chi connectivity index (χ0) is 12.7. The van der Waals surface area contributed by atoms with Crippen molar-refractivity contribution in [3.63, 3.8) is 0 Å². The van der Waals surface area contributed by atoms with Gasteiger partial charge in [-0.15, -0.1) is 0 Å². The lowest BCUT2D eigenvalue weighted by molar-refractivity contribution is 0.172. The fourth-order valence-corrected chi connectivity index (χ4v) is 3.20. The molecule has 17 heavy (non-hydrogen) atoms. The molecule has 0 bridgehead atoms. The van der Waals surface area contributed by atoms with Crippen LogP contribution in [0.1, 0.15) is 12.8 Å². The van der Waals surface area contributed by atoms with Gasteiger partial charge < -0.3 is 5.73 Å². The summed E-state index contributed by atoms with van der Waals surface area (Å²) < 4.78 is 26.6. The Bertz CT molecular complexity index is 370. The minimum atomic E-state index is -3.24. The average molecular weight is 262 g/mol.